The average Bonchev–Trinajstić information content (AvgIpc) is 2.69. The van der Waals surface area contributed by atoms with Gasteiger partial charge in [0.25, 0.3) is 0 Å². The fourth-order valence-electron chi connectivity index (χ4n) is 3.78. The van der Waals surface area contributed by atoms with Crippen LogP contribution in [0.4, 0.5) is 13.2 Å². The van der Waals surface area contributed by atoms with Crippen LogP contribution in [0.2, 0.25) is 0 Å². The molecule has 1 saturated heterocycles. The summed E-state index contributed by atoms with van der Waals surface area (Å²) in [5.41, 5.74) is 5.38. The Kier molecular flexibility index (Phi) is 6.22. The lowest BCUT2D eigenvalue weighted by molar-refractivity contribution is -0.274. The van der Waals surface area contributed by atoms with Gasteiger partial charge in [-0.25, -0.2) is 0 Å². The molecule has 30 heavy (non-hydrogen) atoms. The summed E-state index contributed by atoms with van der Waals surface area (Å²) in [6.07, 6.45) is -1.50. The third-order valence-corrected chi connectivity index (χ3v) is 5.63. The van der Waals surface area contributed by atoms with Gasteiger partial charge >= 0.3 is 6.36 Å². The van der Waals surface area contributed by atoms with Gasteiger partial charge in [-0.05, 0) is 44.2 Å². The molecule has 1 saturated carbocycles. The molecule has 1 aliphatic carbocycles. The van der Waals surface area contributed by atoms with Crippen LogP contribution in [0.15, 0.2) is 18.2 Å². The summed E-state index contributed by atoms with van der Waals surface area (Å²) in [6.45, 7) is 0.588. The Morgan fingerprint density at radius 1 is 1.33 bits per heavy atom. The monoisotopic (exact) mass is 424 g/mol. The number of carbonyl (C=O) groups is 2. The zero-order valence-electron chi connectivity index (χ0n) is 16.3. The van der Waals surface area contributed by atoms with Crippen LogP contribution in [0.25, 0.3) is 0 Å². The highest BCUT2D eigenvalue weighted by Gasteiger charge is 2.44. The second kappa shape index (κ2) is 8.52. The van der Waals surface area contributed by atoms with Gasteiger partial charge in [-0.3, -0.25) is 9.59 Å². The van der Waals surface area contributed by atoms with Crippen LogP contribution < -0.4 is 15.8 Å². The minimum absolute atomic E-state index is 0.0115. The van der Waals surface area contributed by atoms with Crippen molar-refractivity contribution in [3.8, 4) is 11.8 Å². The second-order valence-corrected chi connectivity index (χ2v) is 7.80. The summed E-state index contributed by atoms with van der Waals surface area (Å²) < 4.78 is 42.0. The molecule has 162 valence electrons. The first-order valence-corrected chi connectivity index (χ1v) is 9.76. The van der Waals surface area contributed by atoms with Gasteiger partial charge < -0.3 is 20.7 Å². The van der Waals surface area contributed by atoms with E-state index in [1.165, 1.54) is 12.1 Å². The lowest BCUT2D eigenvalue weighted by Crippen LogP contribution is -2.61. The van der Waals surface area contributed by atoms with Crippen molar-refractivity contribution in [2.24, 2.45) is 11.7 Å². The van der Waals surface area contributed by atoms with Crippen LogP contribution in [0.1, 0.15) is 43.2 Å². The largest absolute Gasteiger partial charge is 0.573 e. The number of piperidine rings is 1. The number of likely N-dealkylation sites (tertiary alicyclic amines) is 1. The van der Waals surface area contributed by atoms with Crippen molar-refractivity contribution >= 4 is 11.8 Å². The minimum atomic E-state index is -4.92. The summed E-state index contributed by atoms with van der Waals surface area (Å²) in [5.74, 6) is -1.48. The summed E-state index contributed by atoms with van der Waals surface area (Å²) in [4.78, 5) is 26.8. The van der Waals surface area contributed by atoms with E-state index in [0.29, 0.717) is 32.2 Å². The molecule has 2 fully saturated rings. The van der Waals surface area contributed by atoms with Crippen LogP contribution in [-0.4, -0.2) is 41.7 Å². The molecule has 1 aromatic rings. The van der Waals surface area contributed by atoms with Gasteiger partial charge in [0.15, 0.2) is 0 Å². The van der Waals surface area contributed by atoms with Crippen LogP contribution >= 0.6 is 0 Å². The molecule has 7 nitrogen and oxygen atoms in total. The third kappa shape index (κ3) is 5.02. The van der Waals surface area contributed by atoms with E-state index in [1.807, 2.05) is 0 Å². The van der Waals surface area contributed by atoms with Gasteiger partial charge in [0.05, 0.1) is 23.1 Å². The number of hydrogen-bond donors (Lipinski definition) is 2. The van der Waals surface area contributed by atoms with Crippen LogP contribution in [0, 0.1) is 17.2 Å². The van der Waals surface area contributed by atoms with Gasteiger partial charge in [0, 0.05) is 25.2 Å². The quantitative estimate of drug-likeness (QED) is 0.753. The smallest absolute Gasteiger partial charge is 0.405 e. The fourth-order valence-corrected chi connectivity index (χ4v) is 3.78. The number of alkyl halides is 3. The van der Waals surface area contributed by atoms with Crippen molar-refractivity contribution in [1.29, 1.82) is 5.26 Å². The molecular formula is C20H23F3N4O3. The van der Waals surface area contributed by atoms with Crippen LogP contribution in [0.3, 0.4) is 0 Å². The highest BCUT2D eigenvalue weighted by molar-refractivity contribution is 5.88. The molecule has 0 aromatic heterocycles. The standard InChI is InChI=1S/C20H23F3N4O3/c21-20(22,23)30-16-9-13(10-24)4-5-14(16)11-26-17(28)15-3-1-8-27(12-15)18(29)19(25)6-2-7-19/h4-5,9,15H,1-3,6-8,11-12,25H2,(H,26,28)/t15-/m1/s1. The molecule has 1 heterocycles. The molecule has 2 amide bonds. The summed E-state index contributed by atoms with van der Waals surface area (Å²) in [5, 5.41) is 11.5. The fraction of sp³-hybridized carbons (Fsp3) is 0.550. The summed E-state index contributed by atoms with van der Waals surface area (Å²) >= 11 is 0. The lowest BCUT2D eigenvalue weighted by Gasteiger charge is -2.42. The predicted octanol–water partition coefficient (Wildman–Crippen LogP) is 2.19. The van der Waals surface area contributed by atoms with E-state index in [-0.39, 0.29) is 36.0 Å². The van der Waals surface area contributed by atoms with Gasteiger partial charge in [-0.15, -0.1) is 13.2 Å². The van der Waals surface area contributed by atoms with Crippen molar-refractivity contribution in [1.82, 2.24) is 10.2 Å². The zero-order valence-corrected chi connectivity index (χ0v) is 16.3. The number of nitrogens with two attached hydrogens (primary N) is 1. The molecule has 1 aromatic carbocycles. The number of ether oxygens (including phenoxy) is 1. The maximum Gasteiger partial charge on any atom is 0.573 e. The maximum atomic E-state index is 12.7. The first-order chi connectivity index (χ1) is 14.1. The topological polar surface area (TPSA) is 108 Å². The number of nitrogens with zero attached hydrogens (tertiary/aromatic N) is 2. The van der Waals surface area contributed by atoms with Crippen LogP contribution in [0.5, 0.6) is 5.75 Å². The number of amides is 2. The Labute approximate surface area is 172 Å². The third-order valence-electron chi connectivity index (χ3n) is 5.63. The molecule has 10 heteroatoms. The first-order valence-electron chi connectivity index (χ1n) is 9.76. The van der Waals surface area contributed by atoms with Gasteiger partial charge in [-0.2, -0.15) is 5.26 Å². The maximum absolute atomic E-state index is 12.7. The van der Waals surface area contributed by atoms with Crippen molar-refractivity contribution in [2.45, 2.75) is 50.6 Å². The highest BCUT2D eigenvalue weighted by atomic mass is 19.4. The van der Waals surface area contributed by atoms with E-state index in [4.69, 9.17) is 11.0 Å². The van der Waals surface area contributed by atoms with Gasteiger partial charge in [-0.1, -0.05) is 6.07 Å². The van der Waals surface area contributed by atoms with E-state index in [0.717, 1.165) is 12.5 Å². The Bertz CT molecular complexity index is 862. The minimum Gasteiger partial charge on any atom is -0.405 e. The molecule has 3 rings (SSSR count). The number of carbonyl (C=O) groups excluding carboxylic acids is 2. The lowest BCUT2D eigenvalue weighted by atomic mass is 9.76. The van der Waals surface area contributed by atoms with E-state index >= 15 is 0 Å². The van der Waals surface area contributed by atoms with Gasteiger partial charge in [0.2, 0.25) is 11.8 Å². The molecule has 0 spiro atoms. The van der Waals surface area contributed by atoms with E-state index in [1.54, 1.807) is 11.0 Å². The van der Waals surface area contributed by atoms with Gasteiger partial charge in [0.1, 0.15) is 5.75 Å². The number of hydrogen-bond acceptors (Lipinski definition) is 5. The normalized spacial score (nSPS) is 20.6. The van der Waals surface area contributed by atoms with Crippen LogP contribution in [-0.2, 0) is 16.1 Å². The first kappa shape index (κ1) is 21.9. The average molecular weight is 424 g/mol. The predicted molar refractivity (Wildman–Crippen MR) is 99.8 cm³/mol. The summed E-state index contributed by atoms with van der Waals surface area (Å²) in [6, 6.07) is 5.40. The number of halogens is 3. The number of nitriles is 1. The molecule has 0 unspecified atom stereocenters. The Balaban J connectivity index is 1.62. The Morgan fingerprint density at radius 3 is 2.67 bits per heavy atom. The summed E-state index contributed by atoms with van der Waals surface area (Å²) in [7, 11) is 0. The molecule has 0 bridgehead atoms. The molecule has 3 N–H and O–H groups in total. The molecule has 1 atom stereocenters. The van der Waals surface area contributed by atoms with Crippen molar-refractivity contribution in [3.05, 3.63) is 29.3 Å². The second-order valence-electron chi connectivity index (χ2n) is 7.80. The number of nitrogens with one attached hydrogen (secondary N) is 1. The van der Waals surface area contributed by atoms with Crippen molar-refractivity contribution in [3.63, 3.8) is 0 Å². The van der Waals surface area contributed by atoms with E-state index in [2.05, 4.69) is 10.1 Å². The van der Waals surface area contributed by atoms with E-state index in [9.17, 15) is 22.8 Å². The Hall–Kier alpha value is -2.80. The van der Waals surface area contributed by atoms with E-state index < -0.39 is 23.6 Å². The molecule has 1 aliphatic heterocycles. The highest BCUT2D eigenvalue weighted by Crippen LogP contribution is 2.32. The Morgan fingerprint density at radius 2 is 2.07 bits per heavy atom. The van der Waals surface area contributed by atoms with Crippen molar-refractivity contribution < 1.29 is 27.5 Å². The number of benzene rings is 1. The molecular weight excluding hydrogens is 401 g/mol. The SMILES string of the molecule is N#Cc1ccc(CNC(=O)[C@@H]2CCCN(C(=O)C3(N)CCC3)C2)c(OC(F)(F)F)c1. The van der Waals surface area contributed by atoms with Crippen molar-refractivity contribution in [2.75, 3.05) is 13.1 Å². The zero-order chi connectivity index (χ0) is 21.9. The molecule has 2 aliphatic rings. The number of rotatable bonds is 5. The molecule has 0 radical (unpaired) electrons.